The second-order valence-electron chi connectivity index (χ2n) is 11.2. The highest BCUT2D eigenvalue weighted by atomic mass is 29.3. The number of esters is 2. The standard InChI is InChI=1S/C21H42O6Si3/c1-12-19(24-17(22)13-14-18(23)25-20(2,3)4)30(27-28(7,8)9)16-15-21(5,6)26-29(30,10)11/h13-14,19H,12,15-16H2,1-11H3. The maximum absolute atomic E-state index is 12.6. The van der Waals surface area contributed by atoms with Gasteiger partial charge in [-0.25, -0.2) is 9.59 Å². The van der Waals surface area contributed by atoms with Gasteiger partial charge >= 0.3 is 11.9 Å². The second kappa shape index (κ2) is 9.40. The third kappa shape index (κ3) is 7.74. The fourth-order valence-electron chi connectivity index (χ4n) is 4.11. The van der Waals surface area contributed by atoms with E-state index in [2.05, 4.69) is 46.6 Å². The van der Waals surface area contributed by atoms with Gasteiger partial charge in [0, 0.05) is 12.2 Å². The molecular weight excluding hydrogens is 432 g/mol. The summed E-state index contributed by atoms with van der Waals surface area (Å²) >= 11 is 0. The lowest BCUT2D eigenvalue weighted by Crippen LogP contribution is -2.76. The molecule has 0 saturated carbocycles. The van der Waals surface area contributed by atoms with Crippen LogP contribution in [0.25, 0.3) is 0 Å². The number of carbonyl (C=O) groups is 2. The molecule has 1 fully saturated rings. The van der Waals surface area contributed by atoms with Crippen LogP contribution in [0.3, 0.4) is 0 Å². The van der Waals surface area contributed by atoms with Crippen molar-refractivity contribution in [2.75, 3.05) is 0 Å². The summed E-state index contributed by atoms with van der Waals surface area (Å²) in [6, 6.07) is 0.922. The summed E-state index contributed by atoms with van der Waals surface area (Å²) in [5.74, 6) is -1.09. The molecular formula is C21H42O6Si3. The van der Waals surface area contributed by atoms with Crippen molar-refractivity contribution in [3.63, 3.8) is 0 Å². The normalized spacial score (nSPS) is 25.0. The van der Waals surface area contributed by atoms with E-state index in [4.69, 9.17) is 18.0 Å². The largest absolute Gasteiger partial charge is 0.460 e. The van der Waals surface area contributed by atoms with E-state index in [1.807, 2.05) is 6.92 Å². The molecule has 0 N–H and O–H groups in total. The smallest absolute Gasteiger partial charge is 0.331 e. The van der Waals surface area contributed by atoms with E-state index < -0.39 is 41.5 Å². The van der Waals surface area contributed by atoms with Crippen molar-refractivity contribution >= 4 is 35.9 Å². The van der Waals surface area contributed by atoms with Gasteiger partial charge in [-0.05, 0) is 86.2 Å². The average Bonchev–Trinajstić information content (AvgIpc) is 2.50. The number of hydrogen-bond donors (Lipinski definition) is 0. The molecule has 1 aliphatic heterocycles. The van der Waals surface area contributed by atoms with Crippen molar-refractivity contribution in [1.29, 1.82) is 0 Å². The Kier molecular flexibility index (Phi) is 8.55. The van der Waals surface area contributed by atoms with Crippen LogP contribution in [-0.4, -0.2) is 52.9 Å². The van der Waals surface area contributed by atoms with E-state index in [0.717, 1.165) is 24.6 Å². The monoisotopic (exact) mass is 474 g/mol. The molecule has 9 heteroatoms. The maximum atomic E-state index is 12.6. The highest BCUT2D eigenvalue weighted by Gasteiger charge is 2.64. The van der Waals surface area contributed by atoms with Crippen molar-refractivity contribution in [1.82, 2.24) is 0 Å². The minimum absolute atomic E-state index is 0.187. The molecule has 174 valence electrons. The lowest BCUT2D eigenvalue weighted by molar-refractivity contribution is -0.149. The Labute approximate surface area is 185 Å². The molecule has 1 heterocycles. The highest BCUT2D eigenvalue weighted by molar-refractivity contribution is 7.38. The molecule has 1 saturated heterocycles. The van der Waals surface area contributed by atoms with Gasteiger partial charge in [-0.2, -0.15) is 0 Å². The van der Waals surface area contributed by atoms with Gasteiger partial charge in [0.15, 0.2) is 8.32 Å². The first kappa shape index (κ1) is 27.3. The lowest BCUT2D eigenvalue weighted by Gasteiger charge is -2.55. The molecule has 0 amide bonds. The van der Waals surface area contributed by atoms with Crippen LogP contribution in [0, 0.1) is 0 Å². The molecule has 0 aromatic rings. The first-order valence-corrected chi connectivity index (χ1v) is 20.4. The van der Waals surface area contributed by atoms with E-state index in [-0.39, 0.29) is 11.3 Å². The first-order chi connectivity index (χ1) is 13.3. The fourth-order valence-corrected chi connectivity index (χ4v) is 27.3. The zero-order valence-electron chi connectivity index (χ0n) is 20.8. The van der Waals surface area contributed by atoms with E-state index in [9.17, 15) is 9.59 Å². The molecule has 30 heavy (non-hydrogen) atoms. The molecule has 1 aliphatic rings. The van der Waals surface area contributed by atoms with E-state index in [0.29, 0.717) is 6.42 Å². The third-order valence-electron chi connectivity index (χ3n) is 5.05. The summed E-state index contributed by atoms with van der Waals surface area (Å²) < 4.78 is 24.8. The predicted octanol–water partition coefficient (Wildman–Crippen LogP) is 5.02. The van der Waals surface area contributed by atoms with Crippen LogP contribution in [0.1, 0.15) is 54.4 Å². The van der Waals surface area contributed by atoms with Gasteiger partial charge in [-0.1, -0.05) is 6.92 Å². The van der Waals surface area contributed by atoms with E-state index >= 15 is 0 Å². The van der Waals surface area contributed by atoms with Crippen molar-refractivity contribution in [2.24, 2.45) is 0 Å². The number of ether oxygens (including phenoxy) is 2. The summed E-state index contributed by atoms with van der Waals surface area (Å²) in [6.07, 6.45) is 3.86. The molecule has 6 nitrogen and oxygen atoms in total. The predicted molar refractivity (Wildman–Crippen MR) is 127 cm³/mol. The van der Waals surface area contributed by atoms with Crippen LogP contribution in [0.15, 0.2) is 12.2 Å². The zero-order valence-corrected chi connectivity index (χ0v) is 23.8. The Bertz CT molecular complexity index is 661. The molecule has 0 spiro atoms. The summed E-state index contributed by atoms with van der Waals surface area (Å²) in [5, 5.41) is 0. The van der Waals surface area contributed by atoms with Gasteiger partial charge in [-0.15, -0.1) is 0 Å². The topological polar surface area (TPSA) is 71.1 Å². The van der Waals surface area contributed by atoms with Crippen molar-refractivity contribution < 1.29 is 27.6 Å². The van der Waals surface area contributed by atoms with Crippen LogP contribution in [0.2, 0.25) is 38.8 Å². The van der Waals surface area contributed by atoms with Gasteiger partial charge in [0.2, 0.25) is 15.7 Å². The van der Waals surface area contributed by atoms with E-state index in [1.54, 1.807) is 20.8 Å². The van der Waals surface area contributed by atoms with Crippen LogP contribution in [-0.2, 0) is 27.6 Å². The fraction of sp³-hybridized carbons (Fsp3) is 0.810. The zero-order chi connectivity index (χ0) is 23.6. The van der Waals surface area contributed by atoms with Gasteiger partial charge in [0.25, 0.3) is 0 Å². The minimum atomic E-state index is -2.54. The van der Waals surface area contributed by atoms with Gasteiger partial charge in [0.1, 0.15) is 11.3 Å². The number of carbonyl (C=O) groups excluding carboxylic acids is 2. The Morgan fingerprint density at radius 3 is 2.10 bits per heavy atom. The summed E-state index contributed by atoms with van der Waals surface area (Å²) in [5.41, 5.74) is -1.10. The van der Waals surface area contributed by atoms with Crippen LogP contribution in [0.5, 0.6) is 0 Å². The molecule has 0 aromatic heterocycles. The molecule has 2 unspecified atom stereocenters. The van der Waals surface area contributed by atoms with Crippen LogP contribution in [0.4, 0.5) is 0 Å². The third-order valence-corrected chi connectivity index (χ3v) is 23.7. The van der Waals surface area contributed by atoms with Crippen molar-refractivity contribution in [3.8, 4) is 0 Å². The Morgan fingerprint density at radius 2 is 1.67 bits per heavy atom. The maximum Gasteiger partial charge on any atom is 0.331 e. The molecule has 2 atom stereocenters. The molecule has 0 radical (unpaired) electrons. The van der Waals surface area contributed by atoms with Gasteiger partial charge in [0.05, 0.1) is 5.60 Å². The second-order valence-corrected chi connectivity index (χ2v) is 28.5. The molecule has 1 rings (SSSR count). The highest BCUT2D eigenvalue weighted by Crippen LogP contribution is 2.44. The van der Waals surface area contributed by atoms with Crippen molar-refractivity contribution in [2.45, 2.75) is 110 Å². The summed E-state index contributed by atoms with van der Waals surface area (Å²) in [6.45, 7) is 22.6. The molecule has 0 aromatic carbocycles. The summed E-state index contributed by atoms with van der Waals surface area (Å²) in [4.78, 5) is 24.5. The molecule has 0 aliphatic carbocycles. The van der Waals surface area contributed by atoms with Crippen molar-refractivity contribution in [3.05, 3.63) is 12.2 Å². The Balaban J connectivity index is 3.14. The average molecular weight is 475 g/mol. The lowest BCUT2D eigenvalue weighted by atomic mass is 10.1. The minimum Gasteiger partial charge on any atom is -0.460 e. The SMILES string of the molecule is CCC(OC(=O)C=CC(=O)OC(C)(C)C)[Si]1(O[Si](C)(C)C)CCC(C)(C)O[Si]1(C)C. The van der Waals surface area contributed by atoms with Crippen LogP contribution >= 0.6 is 0 Å². The number of hydrogen-bond acceptors (Lipinski definition) is 6. The van der Waals surface area contributed by atoms with Gasteiger partial charge in [-0.3, -0.25) is 0 Å². The molecule has 0 bridgehead atoms. The number of rotatable bonds is 7. The van der Waals surface area contributed by atoms with Crippen LogP contribution < -0.4 is 0 Å². The quantitative estimate of drug-likeness (QED) is 0.293. The summed E-state index contributed by atoms with van der Waals surface area (Å²) in [7, 11) is -6.73. The Morgan fingerprint density at radius 1 is 1.13 bits per heavy atom. The van der Waals surface area contributed by atoms with E-state index in [1.165, 1.54) is 0 Å². The Hall–Kier alpha value is -0.749. The van der Waals surface area contributed by atoms with Gasteiger partial charge < -0.3 is 18.0 Å². The first-order valence-electron chi connectivity index (χ1n) is 10.8.